The molecule has 21 heavy (non-hydrogen) atoms. The number of nitrogens with two attached hydrogens (primary N) is 1. The summed E-state index contributed by atoms with van der Waals surface area (Å²) in [5.74, 6) is 1.09. The van der Waals surface area contributed by atoms with Crippen LogP contribution < -0.4 is 10.5 Å². The molecule has 118 valence electrons. The quantitative estimate of drug-likeness (QED) is 0.842. The van der Waals surface area contributed by atoms with E-state index in [2.05, 4.69) is 11.6 Å². The summed E-state index contributed by atoms with van der Waals surface area (Å²) in [7, 11) is -3.42. The second-order valence-electron chi connectivity index (χ2n) is 5.57. The smallest absolute Gasteiger partial charge is 0.240 e. The van der Waals surface area contributed by atoms with E-state index in [-0.39, 0.29) is 12.1 Å². The predicted molar refractivity (Wildman–Crippen MR) is 88.9 cm³/mol. The largest absolute Gasteiger partial charge is 0.324 e. The number of sulfonamides is 1. The first-order valence-electron chi connectivity index (χ1n) is 7.42. The third-order valence-corrected chi connectivity index (χ3v) is 6.59. The molecule has 0 bridgehead atoms. The van der Waals surface area contributed by atoms with E-state index in [1.807, 2.05) is 18.7 Å². The topological polar surface area (TPSA) is 72.2 Å². The minimum Gasteiger partial charge on any atom is -0.324 e. The third-order valence-electron chi connectivity index (χ3n) is 3.82. The average molecular weight is 329 g/mol. The first-order valence-corrected chi connectivity index (χ1v) is 9.95. The first-order chi connectivity index (χ1) is 9.92. The van der Waals surface area contributed by atoms with Crippen molar-refractivity contribution in [3.05, 3.63) is 29.8 Å². The fourth-order valence-corrected chi connectivity index (χ4v) is 5.10. The summed E-state index contributed by atoms with van der Waals surface area (Å²) in [6, 6.07) is 6.80. The molecular formula is C15H24N2O2S2. The highest BCUT2D eigenvalue weighted by atomic mass is 32.2. The number of hydrogen-bond acceptors (Lipinski definition) is 4. The number of rotatable bonds is 6. The summed E-state index contributed by atoms with van der Waals surface area (Å²) in [6.45, 7) is 4.02. The van der Waals surface area contributed by atoms with Gasteiger partial charge in [-0.3, -0.25) is 0 Å². The molecule has 0 heterocycles. The number of hydrogen-bond donors (Lipinski definition) is 2. The maximum absolute atomic E-state index is 12.4. The van der Waals surface area contributed by atoms with Crippen LogP contribution in [0.5, 0.6) is 0 Å². The molecule has 3 atom stereocenters. The van der Waals surface area contributed by atoms with Gasteiger partial charge >= 0.3 is 0 Å². The Labute approximate surface area is 131 Å². The summed E-state index contributed by atoms with van der Waals surface area (Å²) in [5.41, 5.74) is 6.72. The molecular weight excluding hydrogens is 304 g/mol. The Morgan fingerprint density at radius 1 is 1.33 bits per heavy atom. The molecule has 0 amide bonds. The van der Waals surface area contributed by atoms with Crippen LogP contribution in [0.2, 0.25) is 0 Å². The molecule has 0 aromatic heterocycles. The fraction of sp³-hybridized carbons (Fsp3) is 0.600. The highest BCUT2D eigenvalue weighted by molar-refractivity contribution is 7.99. The molecule has 0 spiro atoms. The standard InChI is InChI=1S/C15H24N2O2S2/c1-3-20-14-7-6-13(10-14)17-21(18,19)15-8-4-12(5-9-15)11(2)16/h4-5,8-9,11,13-14,17H,3,6-7,10,16H2,1-2H3. The van der Waals surface area contributed by atoms with Crippen LogP contribution in [0.25, 0.3) is 0 Å². The van der Waals surface area contributed by atoms with Crippen LogP contribution in [0.4, 0.5) is 0 Å². The van der Waals surface area contributed by atoms with E-state index in [1.165, 1.54) is 0 Å². The van der Waals surface area contributed by atoms with Crippen LogP contribution in [-0.4, -0.2) is 25.5 Å². The van der Waals surface area contributed by atoms with Crippen molar-refractivity contribution < 1.29 is 8.42 Å². The van der Waals surface area contributed by atoms with Crippen LogP contribution in [-0.2, 0) is 10.0 Å². The van der Waals surface area contributed by atoms with Crippen molar-refractivity contribution in [3.8, 4) is 0 Å². The molecule has 0 saturated heterocycles. The van der Waals surface area contributed by atoms with E-state index in [4.69, 9.17) is 5.73 Å². The van der Waals surface area contributed by atoms with Crippen LogP contribution in [0.3, 0.4) is 0 Å². The SMILES string of the molecule is CCSC1CCC(NS(=O)(=O)c2ccc(C(C)N)cc2)C1. The second kappa shape index (κ2) is 7.13. The van der Waals surface area contributed by atoms with Gasteiger partial charge in [-0.15, -0.1) is 0 Å². The van der Waals surface area contributed by atoms with Gasteiger partial charge in [-0.05, 0) is 49.6 Å². The summed E-state index contributed by atoms with van der Waals surface area (Å²) in [4.78, 5) is 0.318. The molecule has 0 aliphatic heterocycles. The molecule has 1 fully saturated rings. The van der Waals surface area contributed by atoms with Gasteiger partial charge in [-0.1, -0.05) is 19.1 Å². The Morgan fingerprint density at radius 2 is 2.00 bits per heavy atom. The number of nitrogens with one attached hydrogen (secondary N) is 1. The lowest BCUT2D eigenvalue weighted by molar-refractivity contribution is 0.552. The normalized spacial score (nSPS) is 24.1. The first kappa shape index (κ1) is 16.8. The van der Waals surface area contributed by atoms with E-state index in [0.29, 0.717) is 10.1 Å². The van der Waals surface area contributed by atoms with E-state index in [9.17, 15) is 8.42 Å². The Hall–Kier alpha value is -0.560. The van der Waals surface area contributed by atoms with Gasteiger partial charge in [0.1, 0.15) is 0 Å². The number of benzene rings is 1. The molecule has 1 aromatic carbocycles. The lowest BCUT2D eigenvalue weighted by Crippen LogP contribution is -2.33. The highest BCUT2D eigenvalue weighted by Crippen LogP contribution is 2.30. The lowest BCUT2D eigenvalue weighted by Gasteiger charge is -2.14. The summed E-state index contributed by atoms with van der Waals surface area (Å²) in [5, 5.41) is 0.586. The van der Waals surface area contributed by atoms with Crippen molar-refractivity contribution in [3.63, 3.8) is 0 Å². The van der Waals surface area contributed by atoms with Crippen LogP contribution in [0, 0.1) is 0 Å². The summed E-state index contributed by atoms with van der Waals surface area (Å²) >= 11 is 1.92. The summed E-state index contributed by atoms with van der Waals surface area (Å²) < 4.78 is 27.6. The van der Waals surface area contributed by atoms with E-state index >= 15 is 0 Å². The van der Waals surface area contributed by atoms with E-state index in [0.717, 1.165) is 30.6 Å². The van der Waals surface area contributed by atoms with Gasteiger partial charge in [0.2, 0.25) is 10.0 Å². The average Bonchev–Trinajstić information content (AvgIpc) is 2.86. The molecule has 6 heteroatoms. The van der Waals surface area contributed by atoms with Gasteiger partial charge in [-0.25, -0.2) is 13.1 Å². The monoisotopic (exact) mass is 328 g/mol. The Morgan fingerprint density at radius 3 is 2.57 bits per heavy atom. The van der Waals surface area contributed by atoms with Crippen molar-refractivity contribution in [2.45, 2.75) is 55.3 Å². The zero-order valence-corrected chi connectivity index (χ0v) is 14.2. The Kier molecular flexibility index (Phi) is 5.71. The molecule has 4 nitrogen and oxygen atoms in total. The Balaban J connectivity index is 2.02. The minimum absolute atomic E-state index is 0.0622. The molecule has 1 aliphatic carbocycles. The van der Waals surface area contributed by atoms with Crippen molar-refractivity contribution in [1.29, 1.82) is 0 Å². The maximum atomic E-state index is 12.4. The summed E-state index contributed by atoms with van der Waals surface area (Å²) in [6.07, 6.45) is 2.94. The van der Waals surface area contributed by atoms with Crippen molar-refractivity contribution in [2.75, 3.05) is 5.75 Å². The van der Waals surface area contributed by atoms with Gasteiger partial charge in [0.15, 0.2) is 0 Å². The van der Waals surface area contributed by atoms with Crippen LogP contribution in [0.15, 0.2) is 29.2 Å². The van der Waals surface area contributed by atoms with Crippen molar-refractivity contribution in [2.24, 2.45) is 5.73 Å². The predicted octanol–water partition coefficient (Wildman–Crippen LogP) is 2.66. The van der Waals surface area contributed by atoms with Gasteiger partial charge in [0.05, 0.1) is 4.90 Å². The minimum atomic E-state index is -3.42. The zero-order chi connectivity index (χ0) is 15.5. The lowest BCUT2D eigenvalue weighted by atomic mass is 10.1. The molecule has 0 radical (unpaired) electrons. The molecule has 1 saturated carbocycles. The molecule has 3 N–H and O–H groups in total. The highest BCUT2D eigenvalue weighted by Gasteiger charge is 2.28. The molecule has 1 aromatic rings. The third kappa shape index (κ3) is 4.45. The van der Waals surface area contributed by atoms with Crippen molar-refractivity contribution >= 4 is 21.8 Å². The van der Waals surface area contributed by atoms with Gasteiger partial charge in [0.25, 0.3) is 0 Å². The Bertz CT molecular complexity index is 556. The molecule has 2 rings (SSSR count). The maximum Gasteiger partial charge on any atom is 0.240 e. The van der Waals surface area contributed by atoms with Gasteiger partial charge in [-0.2, -0.15) is 11.8 Å². The van der Waals surface area contributed by atoms with Gasteiger partial charge < -0.3 is 5.73 Å². The molecule has 1 aliphatic rings. The fourth-order valence-electron chi connectivity index (χ4n) is 2.67. The van der Waals surface area contributed by atoms with E-state index in [1.54, 1.807) is 24.3 Å². The number of thioether (sulfide) groups is 1. The molecule has 3 unspecified atom stereocenters. The zero-order valence-electron chi connectivity index (χ0n) is 12.6. The second-order valence-corrected chi connectivity index (χ2v) is 8.86. The van der Waals surface area contributed by atoms with E-state index < -0.39 is 10.0 Å². The van der Waals surface area contributed by atoms with Crippen molar-refractivity contribution in [1.82, 2.24) is 4.72 Å². The van der Waals surface area contributed by atoms with Crippen LogP contribution >= 0.6 is 11.8 Å². The van der Waals surface area contributed by atoms with Crippen LogP contribution in [0.1, 0.15) is 44.7 Å². The van der Waals surface area contributed by atoms with Gasteiger partial charge in [0, 0.05) is 17.3 Å².